The molecule has 6 nitrogen and oxygen atoms in total. The standard InChI is InChI=1S/C12H8N6S/c1-4-13-11(14-5-1)17-12-16-10-7-6-15-18-8(7)2-3-9(10)19-12/h1-6H,(H,15,18)(H,13,14,16,17). The monoisotopic (exact) mass is 268 g/mol. The summed E-state index contributed by atoms with van der Waals surface area (Å²) in [5.41, 5.74) is 1.93. The first-order valence-corrected chi connectivity index (χ1v) is 6.48. The molecule has 0 unspecified atom stereocenters. The van der Waals surface area contributed by atoms with Gasteiger partial charge in [-0.1, -0.05) is 11.3 Å². The normalized spacial score (nSPS) is 11.2. The first kappa shape index (κ1) is 10.4. The Hall–Kier alpha value is -2.54. The van der Waals surface area contributed by atoms with Gasteiger partial charge in [0.25, 0.3) is 0 Å². The second-order valence-electron chi connectivity index (χ2n) is 3.96. The number of aromatic amines is 1. The number of hydrogen-bond donors (Lipinski definition) is 2. The molecule has 92 valence electrons. The van der Waals surface area contributed by atoms with Crippen LogP contribution in [0.5, 0.6) is 0 Å². The Morgan fingerprint density at radius 3 is 2.95 bits per heavy atom. The first-order valence-electron chi connectivity index (χ1n) is 5.67. The molecule has 0 radical (unpaired) electrons. The highest BCUT2D eigenvalue weighted by molar-refractivity contribution is 7.22. The van der Waals surface area contributed by atoms with E-state index < -0.39 is 0 Å². The van der Waals surface area contributed by atoms with Gasteiger partial charge in [0.05, 0.1) is 21.9 Å². The molecular formula is C12H8N6S. The number of aromatic nitrogens is 5. The van der Waals surface area contributed by atoms with Gasteiger partial charge in [-0.05, 0) is 18.2 Å². The zero-order valence-electron chi connectivity index (χ0n) is 9.66. The molecule has 4 rings (SSSR count). The Bertz CT molecular complexity index is 850. The Labute approximate surface area is 111 Å². The van der Waals surface area contributed by atoms with Crippen molar-refractivity contribution >= 4 is 43.5 Å². The summed E-state index contributed by atoms with van der Waals surface area (Å²) in [7, 11) is 0. The summed E-state index contributed by atoms with van der Waals surface area (Å²) >= 11 is 1.57. The van der Waals surface area contributed by atoms with Crippen LogP contribution in [0.3, 0.4) is 0 Å². The SMILES string of the molecule is c1cnc(Nc2nc3c(ccc4[nH]ncc43)s2)nc1. The van der Waals surface area contributed by atoms with Crippen LogP contribution in [0.2, 0.25) is 0 Å². The number of H-pyrrole nitrogens is 1. The number of thiazole rings is 1. The van der Waals surface area contributed by atoms with Crippen molar-refractivity contribution in [2.45, 2.75) is 0 Å². The molecule has 0 saturated heterocycles. The molecule has 0 bridgehead atoms. The second kappa shape index (κ2) is 3.99. The van der Waals surface area contributed by atoms with Gasteiger partial charge in [0.1, 0.15) is 0 Å². The van der Waals surface area contributed by atoms with Crippen LogP contribution >= 0.6 is 11.3 Å². The summed E-state index contributed by atoms with van der Waals surface area (Å²) in [4.78, 5) is 12.8. The van der Waals surface area contributed by atoms with E-state index in [1.807, 2.05) is 12.1 Å². The van der Waals surface area contributed by atoms with Gasteiger partial charge >= 0.3 is 0 Å². The third-order valence-electron chi connectivity index (χ3n) is 2.76. The Balaban J connectivity index is 1.83. The molecule has 1 aromatic carbocycles. The molecule has 0 saturated carbocycles. The number of nitrogens with zero attached hydrogens (tertiary/aromatic N) is 4. The van der Waals surface area contributed by atoms with Gasteiger partial charge in [0, 0.05) is 17.8 Å². The van der Waals surface area contributed by atoms with Crippen LogP contribution in [0.4, 0.5) is 11.1 Å². The number of rotatable bonds is 2. The van der Waals surface area contributed by atoms with Crippen LogP contribution in [0.15, 0.2) is 36.8 Å². The molecule has 3 heterocycles. The van der Waals surface area contributed by atoms with E-state index in [0.29, 0.717) is 5.95 Å². The van der Waals surface area contributed by atoms with E-state index in [9.17, 15) is 0 Å². The number of fused-ring (bicyclic) bond motifs is 3. The average molecular weight is 268 g/mol. The van der Waals surface area contributed by atoms with Crippen molar-refractivity contribution in [3.8, 4) is 0 Å². The van der Waals surface area contributed by atoms with Gasteiger partial charge < -0.3 is 5.32 Å². The largest absolute Gasteiger partial charge is 0.300 e. The molecule has 0 spiro atoms. The first-order chi connectivity index (χ1) is 9.40. The van der Waals surface area contributed by atoms with Crippen molar-refractivity contribution in [2.24, 2.45) is 0 Å². The van der Waals surface area contributed by atoms with Crippen molar-refractivity contribution < 1.29 is 0 Å². The summed E-state index contributed by atoms with van der Waals surface area (Å²) in [6, 6.07) is 5.81. The summed E-state index contributed by atoms with van der Waals surface area (Å²) in [6.07, 6.45) is 5.17. The van der Waals surface area contributed by atoms with E-state index in [1.54, 1.807) is 36.0 Å². The van der Waals surface area contributed by atoms with Gasteiger partial charge in [0.15, 0.2) is 5.13 Å². The molecule has 0 aliphatic carbocycles. The molecule has 3 aromatic heterocycles. The third kappa shape index (κ3) is 1.71. The topological polar surface area (TPSA) is 79.4 Å². The smallest absolute Gasteiger partial charge is 0.228 e. The predicted octanol–water partition coefficient (Wildman–Crippen LogP) is 2.71. The summed E-state index contributed by atoms with van der Waals surface area (Å²) in [5.74, 6) is 0.546. The highest BCUT2D eigenvalue weighted by Crippen LogP contribution is 2.31. The maximum atomic E-state index is 4.58. The van der Waals surface area contributed by atoms with Gasteiger partial charge in [0.2, 0.25) is 5.95 Å². The van der Waals surface area contributed by atoms with Crippen LogP contribution in [0.25, 0.3) is 21.1 Å². The lowest BCUT2D eigenvalue weighted by molar-refractivity contribution is 1.12. The zero-order chi connectivity index (χ0) is 12.7. The van der Waals surface area contributed by atoms with Crippen molar-refractivity contribution in [1.29, 1.82) is 0 Å². The molecule has 7 heteroatoms. The number of anilines is 2. The lowest BCUT2D eigenvalue weighted by Crippen LogP contribution is -1.94. The highest BCUT2D eigenvalue weighted by Gasteiger charge is 2.09. The quantitative estimate of drug-likeness (QED) is 0.584. The van der Waals surface area contributed by atoms with Gasteiger partial charge in [-0.15, -0.1) is 0 Å². The van der Waals surface area contributed by atoms with Crippen molar-refractivity contribution in [3.05, 3.63) is 36.8 Å². The van der Waals surface area contributed by atoms with Crippen LogP contribution in [0.1, 0.15) is 0 Å². The van der Waals surface area contributed by atoms with E-state index in [1.165, 1.54) is 0 Å². The Morgan fingerprint density at radius 1 is 1.16 bits per heavy atom. The van der Waals surface area contributed by atoms with Crippen molar-refractivity contribution in [1.82, 2.24) is 25.1 Å². The fraction of sp³-hybridized carbons (Fsp3) is 0. The molecule has 0 atom stereocenters. The average Bonchev–Trinajstić information content (AvgIpc) is 3.04. The number of nitrogens with one attached hydrogen (secondary N) is 2. The maximum absolute atomic E-state index is 4.58. The van der Waals surface area contributed by atoms with Crippen LogP contribution in [-0.2, 0) is 0 Å². The van der Waals surface area contributed by atoms with E-state index in [4.69, 9.17) is 0 Å². The van der Waals surface area contributed by atoms with E-state index in [2.05, 4.69) is 30.5 Å². The minimum atomic E-state index is 0.546. The van der Waals surface area contributed by atoms with Crippen molar-refractivity contribution in [3.63, 3.8) is 0 Å². The van der Waals surface area contributed by atoms with Crippen LogP contribution in [-0.4, -0.2) is 25.1 Å². The van der Waals surface area contributed by atoms with Crippen LogP contribution in [0, 0.1) is 0 Å². The highest BCUT2D eigenvalue weighted by atomic mass is 32.1. The Morgan fingerprint density at radius 2 is 2.05 bits per heavy atom. The predicted molar refractivity (Wildman–Crippen MR) is 74.6 cm³/mol. The molecule has 2 N–H and O–H groups in total. The minimum absolute atomic E-state index is 0.546. The van der Waals surface area contributed by atoms with E-state index >= 15 is 0 Å². The van der Waals surface area contributed by atoms with Gasteiger partial charge in [-0.25, -0.2) is 15.0 Å². The summed E-state index contributed by atoms with van der Waals surface area (Å²) in [5, 5.41) is 11.9. The fourth-order valence-corrected chi connectivity index (χ4v) is 2.80. The molecule has 19 heavy (non-hydrogen) atoms. The van der Waals surface area contributed by atoms with Crippen molar-refractivity contribution in [2.75, 3.05) is 5.32 Å². The maximum Gasteiger partial charge on any atom is 0.228 e. The molecule has 0 aliphatic heterocycles. The Kier molecular flexibility index (Phi) is 2.18. The molecule has 4 aromatic rings. The second-order valence-corrected chi connectivity index (χ2v) is 4.99. The number of hydrogen-bond acceptors (Lipinski definition) is 6. The minimum Gasteiger partial charge on any atom is -0.300 e. The third-order valence-corrected chi connectivity index (χ3v) is 3.70. The summed E-state index contributed by atoms with van der Waals surface area (Å²) in [6.45, 7) is 0. The summed E-state index contributed by atoms with van der Waals surface area (Å²) < 4.78 is 1.10. The van der Waals surface area contributed by atoms with Crippen LogP contribution < -0.4 is 5.32 Å². The van der Waals surface area contributed by atoms with E-state index in [0.717, 1.165) is 26.3 Å². The molecule has 0 aliphatic rings. The fourth-order valence-electron chi connectivity index (χ4n) is 1.92. The molecule has 0 amide bonds. The lowest BCUT2D eigenvalue weighted by Gasteiger charge is -1.97. The number of benzene rings is 1. The lowest BCUT2D eigenvalue weighted by atomic mass is 10.2. The molecular weight excluding hydrogens is 260 g/mol. The zero-order valence-corrected chi connectivity index (χ0v) is 10.5. The van der Waals surface area contributed by atoms with Gasteiger partial charge in [-0.2, -0.15) is 5.10 Å². The molecule has 0 fully saturated rings. The van der Waals surface area contributed by atoms with E-state index in [-0.39, 0.29) is 0 Å². The van der Waals surface area contributed by atoms with Gasteiger partial charge in [-0.3, -0.25) is 5.10 Å².